The minimum absolute atomic E-state index is 0.381. The number of halogens is 1. The summed E-state index contributed by atoms with van der Waals surface area (Å²) in [5.41, 5.74) is 1.15. The fourth-order valence-corrected chi connectivity index (χ4v) is 2.13. The van der Waals surface area contributed by atoms with Crippen LogP contribution in [0.5, 0.6) is 0 Å². The summed E-state index contributed by atoms with van der Waals surface area (Å²) >= 11 is 3.55. The second-order valence-electron chi connectivity index (χ2n) is 3.66. The molecular weight excluding hydrogens is 258 g/mol. The lowest BCUT2D eigenvalue weighted by Crippen LogP contribution is -1.97. The molecule has 0 fully saturated rings. The zero-order valence-corrected chi connectivity index (χ0v) is 10.5. The fraction of sp³-hybridized carbons (Fsp3) is 0.636. The first-order chi connectivity index (χ1) is 7.20. The van der Waals surface area contributed by atoms with Crippen LogP contribution in [0.15, 0.2) is 15.2 Å². The van der Waals surface area contributed by atoms with Gasteiger partial charge >= 0.3 is 5.97 Å². The summed E-state index contributed by atoms with van der Waals surface area (Å²) in [6.45, 7) is 1.35. The van der Waals surface area contributed by atoms with Crippen LogP contribution >= 0.6 is 15.9 Å². The molecule has 0 bridgehead atoms. The van der Waals surface area contributed by atoms with Crippen molar-refractivity contribution in [3.63, 3.8) is 0 Å². The first kappa shape index (κ1) is 12.4. The maximum absolute atomic E-state index is 10.5. The van der Waals surface area contributed by atoms with Crippen molar-refractivity contribution in [1.29, 1.82) is 0 Å². The van der Waals surface area contributed by atoms with E-state index in [0.29, 0.717) is 0 Å². The van der Waals surface area contributed by atoms with Gasteiger partial charge in [0.2, 0.25) is 0 Å². The molecule has 0 heterocycles. The zero-order valence-electron chi connectivity index (χ0n) is 8.96. The molecule has 0 aliphatic heterocycles. The standard InChI is InChI=1S/C11H16BrNO2/c1-9(14)15-13-8-10-6-4-2-3-5-7-11(10)12/h8H,2-7H2,1H3/b11-10-,13-8+. The first-order valence-electron chi connectivity index (χ1n) is 5.28. The van der Waals surface area contributed by atoms with Crippen molar-refractivity contribution in [2.24, 2.45) is 5.16 Å². The van der Waals surface area contributed by atoms with Gasteiger partial charge in [-0.25, -0.2) is 4.79 Å². The summed E-state index contributed by atoms with van der Waals surface area (Å²) in [7, 11) is 0. The van der Waals surface area contributed by atoms with Crippen LogP contribution in [0.4, 0.5) is 0 Å². The van der Waals surface area contributed by atoms with Crippen molar-refractivity contribution in [3.05, 3.63) is 10.1 Å². The number of oxime groups is 1. The first-order valence-corrected chi connectivity index (χ1v) is 6.08. The Morgan fingerprint density at radius 1 is 1.33 bits per heavy atom. The van der Waals surface area contributed by atoms with Gasteiger partial charge in [0.05, 0.1) is 6.21 Å². The van der Waals surface area contributed by atoms with Gasteiger partial charge in [0.1, 0.15) is 0 Å². The van der Waals surface area contributed by atoms with Gasteiger partial charge < -0.3 is 4.84 Å². The molecule has 0 saturated carbocycles. The van der Waals surface area contributed by atoms with E-state index >= 15 is 0 Å². The number of hydrogen-bond donors (Lipinski definition) is 0. The molecule has 0 aromatic carbocycles. The van der Waals surface area contributed by atoms with Crippen LogP contribution in [0.25, 0.3) is 0 Å². The van der Waals surface area contributed by atoms with Crippen molar-refractivity contribution in [2.75, 3.05) is 0 Å². The van der Waals surface area contributed by atoms with E-state index in [-0.39, 0.29) is 5.97 Å². The van der Waals surface area contributed by atoms with Crippen LogP contribution in [0.3, 0.4) is 0 Å². The molecule has 0 saturated heterocycles. The highest BCUT2D eigenvalue weighted by Gasteiger charge is 2.06. The van der Waals surface area contributed by atoms with E-state index in [2.05, 4.69) is 25.9 Å². The molecule has 0 unspecified atom stereocenters. The lowest BCUT2D eigenvalue weighted by Gasteiger charge is -2.10. The summed E-state index contributed by atoms with van der Waals surface area (Å²) in [5.74, 6) is -0.381. The summed E-state index contributed by atoms with van der Waals surface area (Å²) in [5, 5.41) is 3.65. The van der Waals surface area contributed by atoms with Crippen molar-refractivity contribution in [1.82, 2.24) is 0 Å². The number of nitrogens with zero attached hydrogens (tertiary/aromatic N) is 1. The highest BCUT2D eigenvalue weighted by Crippen LogP contribution is 2.25. The van der Waals surface area contributed by atoms with Gasteiger partial charge in [-0.15, -0.1) is 0 Å². The van der Waals surface area contributed by atoms with Gasteiger partial charge in [-0.2, -0.15) is 0 Å². The second kappa shape index (κ2) is 6.77. The number of rotatable bonds is 2. The van der Waals surface area contributed by atoms with Gasteiger partial charge in [0, 0.05) is 6.92 Å². The molecule has 0 amide bonds. The number of hydrogen-bond acceptors (Lipinski definition) is 3. The zero-order chi connectivity index (χ0) is 11.1. The van der Waals surface area contributed by atoms with E-state index in [9.17, 15) is 4.79 Å². The molecule has 84 valence electrons. The van der Waals surface area contributed by atoms with Crippen LogP contribution < -0.4 is 0 Å². The average Bonchev–Trinajstić information content (AvgIpc) is 2.16. The Balaban J connectivity index is 2.58. The van der Waals surface area contributed by atoms with Crippen LogP contribution in [0.2, 0.25) is 0 Å². The van der Waals surface area contributed by atoms with Gasteiger partial charge in [-0.3, -0.25) is 0 Å². The molecule has 4 heteroatoms. The molecule has 0 radical (unpaired) electrons. The third kappa shape index (κ3) is 5.11. The van der Waals surface area contributed by atoms with E-state index in [1.54, 1.807) is 6.21 Å². The molecule has 1 aliphatic rings. The largest absolute Gasteiger partial charge is 0.331 e. The predicted molar refractivity (Wildman–Crippen MR) is 63.9 cm³/mol. The lowest BCUT2D eigenvalue weighted by atomic mass is 10.0. The number of carbonyl (C=O) groups is 1. The van der Waals surface area contributed by atoms with Gasteiger partial charge in [0.25, 0.3) is 0 Å². The van der Waals surface area contributed by atoms with Gasteiger partial charge in [0.15, 0.2) is 0 Å². The van der Waals surface area contributed by atoms with Crippen LogP contribution in [0, 0.1) is 0 Å². The third-order valence-electron chi connectivity index (χ3n) is 2.33. The van der Waals surface area contributed by atoms with Gasteiger partial charge in [-0.05, 0) is 35.7 Å². The van der Waals surface area contributed by atoms with Crippen molar-refractivity contribution in [2.45, 2.75) is 45.4 Å². The highest BCUT2D eigenvalue weighted by molar-refractivity contribution is 9.11. The molecular formula is C11H16BrNO2. The summed E-state index contributed by atoms with van der Waals surface area (Å²) in [4.78, 5) is 15.1. The quantitative estimate of drug-likeness (QED) is 0.439. The third-order valence-corrected chi connectivity index (χ3v) is 3.24. The number of carbonyl (C=O) groups excluding carboxylic acids is 1. The highest BCUT2D eigenvalue weighted by atomic mass is 79.9. The van der Waals surface area contributed by atoms with E-state index in [1.807, 2.05) is 0 Å². The Morgan fingerprint density at radius 3 is 2.67 bits per heavy atom. The van der Waals surface area contributed by atoms with Crippen molar-refractivity contribution in [3.8, 4) is 0 Å². The summed E-state index contributed by atoms with van der Waals surface area (Å²) in [6.07, 6.45) is 8.67. The smallest absolute Gasteiger partial charge is 0.319 e. The Hall–Kier alpha value is -0.640. The molecule has 0 aromatic rings. The van der Waals surface area contributed by atoms with E-state index < -0.39 is 0 Å². The lowest BCUT2D eigenvalue weighted by molar-refractivity contribution is -0.140. The van der Waals surface area contributed by atoms with Gasteiger partial charge in [-0.1, -0.05) is 33.9 Å². The molecule has 0 spiro atoms. The molecule has 1 rings (SSSR count). The van der Waals surface area contributed by atoms with Crippen LogP contribution in [-0.2, 0) is 9.63 Å². The normalized spacial score (nSPS) is 23.6. The number of allylic oxidation sites excluding steroid dienone is 2. The van der Waals surface area contributed by atoms with E-state index in [0.717, 1.165) is 18.4 Å². The Kier molecular flexibility index (Phi) is 5.61. The van der Waals surface area contributed by atoms with Crippen LogP contribution in [-0.4, -0.2) is 12.2 Å². The minimum Gasteiger partial charge on any atom is -0.319 e. The fourth-order valence-electron chi connectivity index (χ4n) is 1.54. The molecule has 1 aliphatic carbocycles. The second-order valence-corrected chi connectivity index (χ2v) is 4.62. The van der Waals surface area contributed by atoms with E-state index in [1.165, 1.54) is 37.1 Å². The summed E-state index contributed by atoms with van der Waals surface area (Å²) in [6, 6.07) is 0. The maximum atomic E-state index is 10.5. The van der Waals surface area contributed by atoms with Crippen molar-refractivity contribution >= 4 is 28.1 Å². The Bertz CT molecular complexity index is 284. The molecule has 15 heavy (non-hydrogen) atoms. The van der Waals surface area contributed by atoms with E-state index in [4.69, 9.17) is 0 Å². The molecule has 0 atom stereocenters. The minimum atomic E-state index is -0.381. The van der Waals surface area contributed by atoms with Crippen molar-refractivity contribution < 1.29 is 9.63 Å². The maximum Gasteiger partial charge on any atom is 0.331 e. The SMILES string of the molecule is CC(=O)O/N=C/C1=C(\Br)CCCCCC1. The molecule has 0 N–H and O–H groups in total. The summed E-state index contributed by atoms with van der Waals surface area (Å²) < 4.78 is 1.19. The Morgan fingerprint density at radius 2 is 2.00 bits per heavy atom. The van der Waals surface area contributed by atoms with Crippen LogP contribution in [0.1, 0.15) is 45.4 Å². The Labute approximate surface area is 98.7 Å². The average molecular weight is 274 g/mol. The molecule has 0 aromatic heterocycles. The molecule has 3 nitrogen and oxygen atoms in total. The monoisotopic (exact) mass is 273 g/mol. The topological polar surface area (TPSA) is 38.7 Å². The predicted octanol–water partition coefficient (Wildman–Crippen LogP) is 3.54.